The van der Waals surface area contributed by atoms with Crippen LogP contribution < -0.4 is 11.1 Å². The van der Waals surface area contributed by atoms with Crippen LogP contribution in [0.3, 0.4) is 0 Å². The molecule has 0 bridgehead atoms. The molecule has 5 nitrogen and oxygen atoms in total. The predicted molar refractivity (Wildman–Crippen MR) is 59.6 cm³/mol. The number of nitrogens with zero attached hydrogens (tertiary/aromatic N) is 1. The second kappa shape index (κ2) is 6.63. The lowest BCUT2D eigenvalue weighted by atomic mass is 9.96. The van der Waals surface area contributed by atoms with Crippen molar-refractivity contribution in [3.05, 3.63) is 0 Å². The van der Waals surface area contributed by atoms with Crippen molar-refractivity contribution < 1.29 is 10.2 Å². The molecule has 0 amide bonds. The molecule has 88 valence electrons. The molecule has 1 aliphatic carbocycles. The minimum Gasteiger partial charge on any atom is -0.394 e. The molecule has 0 aromatic heterocycles. The zero-order chi connectivity index (χ0) is 11.1. The third-order valence-electron chi connectivity index (χ3n) is 2.69. The summed E-state index contributed by atoms with van der Waals surface area (Å²) in [6.07, 6.45) is 5.89. The Bertz CT molecular complexity index is 199. The van der Waals surface area contributed by atoms with Crippen LogP contribution in [0.5, 0.6) is 0 Å². The van der Waals surface area contributed by atoms with Crippen LogP contribution in [-0.4, -0.2) is 41.5 Å². The normalized spacial score (nSPS) is 19.5. The number of nitrogens with one attached hydrogen (secondary N) is 1. The van der Waals surface area contributed by atoms with E-state index in [-0.39, 0.29) is 13.2 Å². The van der Waals surface area contributed by atoms with Crippen molar-refractivity contribution in [2.75, 3.05) is 13.2 Å². The lowest BCUT2D eigenvalue weighted by molar-refractivity contribution is 0.183. The Labute approximate surface area is 90.4 Å². The molecular formula is C10H21N3O2. The molecule has 1 rings (SSSR count). The van der Waals surface area contributed by atoms with Crippen LogP contribution >= 0.6 is 0 Å². The summed E-state index contributed by atoms with van der Waals surface area (Å²) in [7, 11) is 0. The van der Waals surface area contributed by atoms with Crippen LogP contribution in [-0.2, 0) is 0 Å². The van der Waals surface area contributed by atoms with Gasteiger partial charge in [0, 0.05) is 0 Å². The highest BCUT2D eigenvalue weighted by Gasteiger charge is 2.13. The molecule has 0 aromatic rings. The number of rotatable bonds is 4. The molecular weight excluding hydrogens is 194 g/mol. The van der Waals surface area contributed by atoms with Crippen molar-refractivity contribution in [1.82, 2.24) is 5.32 Å². The van der Waals surface area contributed by atoms with Gasteiger partial charge >= 0.3 is 0 Å². The van der Waals surface area contributed by atoms with Crippen LogP contribution in [0.15, 0.2) is 4.99 Å². The molecule has 1 aliphatic rings. The van der Waals surface area contributed by atoms with E-state index in [1.54, 1.807) is 0 Å². The Balaban J connectivity index is 2.36. The predicted octanol–water partition coefficient (Wildman–Crippen LogP) is -0.423. The summed E-state index contributed by atoms with van der Waals surface area (Å²) >= 11 is 0. The molecule has 0 unspecified atom stereocenters. The first kappa shape index (κ1) is 12.3. The van der Waals surface area contributed by atoms with Crippen LogP contribution in [0, 0.1) is 0 Å². The molecule has 1 saturated carbocycles. The number of aliphatic hydroxyl groups is 2. The lowest BCUT2D eigenvalue weighted by Gasteiger charge is -2.20. The average molecular weight is 215 g/mol. The first-order chi connectivity index (χ1) is 7.26. The third-order valence-corrected chi connectivity index (χ3v) is 2.69. The molecule has 0 radical (unpaired) electrons. The fraction of sp³-hybridized carbons (Fsp3) is 0.900. The Kier molecular flexibility index (Phi) is 5.42. The maximum atomic E-state index is 8.85. The lowest BCUT2D eigenvalue weighted by Crippen LogP contribution is -2.44. The quantitative estimate of drug-likeness (QED) is 0.378. The smallest absolute Gasteiger partial charge is 0.189 e. The van der Waals surface area contributed by atoms with E-state index in [1.165, 1.54) is 19.3 Å². The first-order valence-electron chi connectivity index (χ1n) is 5.57. The fourth-order valence-corrected chi connectivity index (χ4v) is 1.80. The van der Waals surface area contributed by atoms with Crippen molar-refractivity contribution in [2.24, 2.45) is 10.7 Å². The van der Waals surface area contributed by atoms with Gasteiger partial charge in [-0.15, -0.1) is 0 Å². The number of hydrogen-bond donors (Lipinski definition) is 4. The molecule has 0 aliphatic heterocycles. The Morgan fingerprint density at radius 1 is 1.27 bits per heavy atom. The van der Waals surface area contributed by atoms with Gasteiger partial charge in [0.25, 0.3) is 0 Å². The van der Waals surface area contributed by atoms with Crippen molar-refractivity contribution in [3.8, 4) is 0 Å². The summed E-state index contributed by atoms with van der Waals surface area (Å²) in [6.45, 7) is -0.283. The Hall–Kier alpha value is -0.810. The maximum Gasteiger partial charge on any atom is 0.189 e. The fourth-order valence-electron chi connectivity index (χ4n) is 1.80. The van der Waals surface area contributed by atoms with E-state index in [0.29, 0.717) is 12.0 Å². The number of aliphatic hydroxyl groups excluding tert-OH is 2. The minimum absolute atomic E-state index is 0.141. The summed E-state index contributed by atoms with van der Waals surface area (Å²) in [5.74, 6) is 0.329. The van der Waals surface area contributed by atoms with Crippen molar-refractivity contribution in [1.29, 1.82) is 0 Å². The van der Waals surface area contributed by atoms with Gasteiger partial charge in [-0.2, -0.15) is 0 Å². The molecule has 0 heterocycles. The molecule has 0 saturated heterocycles. The highest BCUT2D eigenvalue weighted by Crippen LogP contribution is 2.19. The van der Waals surface area contributed by atoms with Gasteiger partial charge in [0.05, 0.1) is 25.3 Å². The molecule has 15 heavy (non-hydrogen) atoms. The van der Waals surface area contributed by atoms with Gasteiger partial charge in [-0.05, 0) is 12.8 Å². The molecule has 0 spiro atoms. The topological polar surface area (TPSA) is 90.9 Å². The van der Waals surface area contributed by atoms with Crippen LogP contribution in [0.4, 0.5) is 0 Å². The Morgan fingerprint density at radius 2 is 1.87 bits per heavy atom. The van der Waals surface area contributed by atoms with Gasteiger partial charge in [-0.3, -0.25) is 4.99 Å². The van der Waals surface area contributed by atoms with E-state index >= 15 is 0 Å². The van der Waals surface area contributed by atoms with Crippen molar-refractivity contribution >= 4 is 5.96 Å². The van der Waals surface area contributed by atoms with Crippen molar-refractivity contribution in [3.63, 3.8) is 0 Å². The van der Waals surface area contributed by atoms with Gasteiger partial charge < -0.3 is 21.3 Å². The van der Waals surface area contributed by atoms with Gasteiger partial charge in [0.1, 0.15) is 0 Å². The van der Waals surface area contributed by atoms with Gasteiger partial charge in [0.15, 0.2) is 5.96 Å². The summed E-state index contributed by atoms with van der Waals surface area (Å²) in [6, 6.07) is -0.0957. The van der Waals surface area contributed by atoms with Crippen LogP contribution in [0.1, 0.15) is 32.1 Å². The van der Waals surface area contributed by atoms with Gasteiger partial charge in [-0.1, -0.05) is 19.3 Å². The van der Waals surface area contributed by atoms with E-state index < -0.39 is 6.04 Å². The average Bonchev–Trinajstić information content (AvgIpc) is 2.27. The summed E-state index contributed by atoms with van der Waals surface area (Å²) in [5, 5.41) is 20.5. The van der Waals surface area contributed by atoms with Gasteiger partial charge in [0.2, 0.25) is 0 Å². The number of guanidine groups is 1. The zero-order valence-electron chi connectivity index (χ0n) is 9.02. The maximum absolute atomic E-state index is 8.85. The van der Waals surface area contributed by atoms with Crippen molar-refractivity contribution in [2.45, 2.75) is 44.2 Å². The van der Waals surface area contributed by atoms with E-state index in [9.17, 15) is 0 Å². The number of aliphatic imine (C=N–C) groups is 1. The Morgan fingerprint density at radius 3 is 2.40 bits per heavy atom. The highest BCUT2D eigenvalue weighted by molar-refractivity contribution is 5.78. The van der Waals surface area contributed by atoms with Gasteiger partial charge in [-0.25, -0.2) is 0 Å². The van der Waals surface area contributed by atoms with Crippen LogP contribution in [0.2, 0.25) is 0 Å². The highest BCUT2D eigenvalue weighted by atomic mass is 16.3. The van der Waals surface area contributed by atoms with E-state index in [1.807, 2.05) is 0 Å². The van der Waals surface area contributed by atoms with E-state index in [0.717, 1.165) is 12.8 Å². The molecule has 0 aromatic carbocycles. The standard InChI is InChI=1S/C10H21N3O2/c11-10(13-9(6-14)7-15)12-8-4-2-1-3-5-8/h8-9,14-15H,1-7H2,(H3,11,12,13). The second-order valence-corrected chi connectivity index (χ2v) is 4.01. The summed E-state index contributed by atoms with van der Waals surface area (Å²) in [5.41, 5.74) is 5.67. The summed E-state index contributed by atoms with van der Waals surface area (Å²) < 4.78 is 0. The SMILES string of the molecule is NC(=NC1CCCCC1)NC(CO)CO. The number of nitrogens with two attached hydrogens (primary N) is 1. The molecule has 5 N–H and O–H groups in total. The minimum atomic E-state index is -0.405. The van der Waals surface area contributed by atoms with Crippen LogP contribution in [0.25, 0.3) is 0 Å². The number of hydrogen-bond acceptors (Lipinski definition) is 3. The molecule has 0 atom stereocenters. The van der Waals surface area contributed by atoms with E-state index in [4.69, 9.17) is 15.9 Å². The monoisotopic (exact) mass is 215 g/mol. The zero-order valence-corrected chi connectivity index (χ0v) is 9.02. The third kappa shape index (κ3) is 4.48. The largest absolute Gasteiger partial charge is 0.394 e. The molecule has 1 fully saturated rings. The van der Waals surface area contributed by atoms with E-state index in [2.05, 4.69) is 10.3 Å². The molecule has 5 heteroatoms. The first-order valence-corrected chi connectivity index (χ1v) is 5.57. The summed E-state index contributed by atoms with van der Waals surface area (Å²) in [4.78, 5) is 4.33. The second-order valence-electron chi connectivity index (χ2n) is 4.01.